The first-order valence-electron chi connectivity index (χ1n) is 10.6. The Bertz CT molecular complexity index is 1080. The van der Waals surface area contributed by atoms with E-state index in [1.54, 1.807) is 42.3 Å². The fourth-order valence-corrected chi connectivity index (χ4v) is 5.36. The van der Waals surface area contributed by atoms with Crippen LogP contribution in [0.5, 0.6) is 0 Å². The molecule has 2 aromatic carbocycles. The van der Waals surface area contributed by atoms with Crippen LogP contribution in [0.25, 0.3) is 0 Å². The van der Waals surface area contributed by atoms with Gasteiger partial charge in [-0.05, 0) is 48.9 Å². The van der Waals surface area contributed by atoms with Crippen molar-refractivity contribution in [2.45, 2.75) is 31.2 Å². The van der Waals surface area contributed by atoms with Gasteiger partial charge < -0.3 is 4.90 Å². The molecule has 0 N–H and O–H groups in total. The first kappa shape index (κ1) is 22.6. The number of nitriles is 1. The second-order valence-electron chi connectivity index (χ2n) is 8.41. The van der Waals surface area contributed by atoms with Crippen molar-refractivity contribution < 1.29 is 9.59 Å². The van der Waals surface area contributed by atoms with Crippen LogP contribution in [0.4, 0.5) is 10.5 Å². The number of carbonyl (C=O) groups is 2. The van der Waals surface area contributed by atoms with Crippen LogP contribution in [-0.2, 0) is 4.79 Å². The fraction of sp³-hybridized carbons (Fsp3) is 0.375. The Morgan fingerprint density at radius 2 is 1.78 bits per heavy atom. The van der Waals surface area contributed by atoms with Crippen molar-refractivity contribution in [3.63, 3.8) is 0 Å². The SMILES string of the molecule is CCCCN1C[C@@H](c2ccc(C#N)cc2)[C@]2(C1)C(=O)N(c1cc(Cl)cc(Cl)c1)C(=O)N2C. The normalized spacial score (nSPS) is 23.4. The molecule has 2 fully saturated rings. The van der Waals surface area contributed by atoms with E-state index in [9.17, 15) is 9.59 Å². The number of benzene rings is 2. The van der Waals surface area contributed by atoms with Crippen molar-refractivity contribution in [3.05, 3.63) is 63.6 Å². The second-order valence-corrected chi connectivity index (χ2v) is 9.28. The van der Waals surface area contributed by atoms with E-state index < -0.39 is 11.6 Å². The number of likely N-dealkylation sites (tertiary alicyclic amines) is 1. The summed E-state index contributed by atoms with van der Waals surface area (Å²) in [5.74, 6) is -0.509. The molecular weight excluding hydrogens is 447 g/mol. The largest absolute Gasteiger partial charge is 0.332 e. The lowest BCUT2D eigenvalue weighted by atomic mass is 9.80. The number of imide groups is 1. The van der Waals surface area contributed by atoms with E-state index >= 15 is 0 Å². The van der Waals surface area contributed by atoms with Gasteiger partial charge in [0.2, 0.25) is 0 Å². The first-order valence-corrected chi connectivity index (χ1v) is 11.4. The summed E-state index contributed by atoms with van der Waals surface area (Å²) in [5, 5.41) is 9.88. The molecule has 0 aliphatic carbocycles. The number of carbonyl (C=O) groups excluding carboxylic acids is 2. The van der Waals surface area contributed by atoms with Gasteiger partial charge in [0, 0.05) is 36.1 Å². The lowest BCUT2D eigenvalue weighted by Gasteiger charge is -2.34. The van der Waals surface area contributed by atoms with Gasteiger partial charge in [0.25, 0.3) is 5.91 Å². The number of unbranched alkanes of at least 4 members (excludes halogenated alkanes) is 1. The number of amides is 3. The Balaban J connectivity index is 1.79. The average molecular weight is 471 g/mol. The lowest BCUT2D eigenvalue weighted by molar-refractivity contribution is -0.124. The molecule has 8 heteroatoms. The maximum atomic E-state index is 14.0. The number of rotatable bonds is 5. The molecular formula is C24H24Cl2N4O2. The van der Waals surface area contributed by atoms with Crippen LogP contribution >= 0.6 is 23.2 Å². The van der Waals surface area contributed by atoms with Crippen LogP contribution in [0.2, 0.25) is 10.0 Å². The molecule has 4 rings (SSSR count). The zero-order valence-corrected chi connectivity index (χ0v) is 19.5. The molecule has 2 aromatic rings. The maximum Gasteiger partial charge on any atom is 0.332 e. The highest BCUT2D eigenvalue weighted by Gasteiger charge is 2.64. The molecule has 2 saturated heterocycles. The average Bonchev–Trinajstić information content (AvgIpc) is 3.24. The molecule has 0 aromatic heterocycles. The Hall–Kier alpha value is -2.59. The fourth-order valence-electron chi connectivity index (χ4n) is 4.85. The van der Waals surface area contributed by atoms with E-state index in [0.717, 1.165) is 24.9 Å². The summed E-state index contributed by atoms with van der Waals surface area (Å²) in [6.07, 6.45) is 2.05. The van der Waals surface area contributed by atoms with Crippen molar-refractivity contribution in [2.75, 3.05) is 31.6 Å². The van der Waals surface area contributed by atoms with Gasteiger partial charge in [0.1, 0.15) is 5.54 Å². The van der Waals surface area contributed by atoms with E-state index in [4.69, 9.17) is 28.5 Å². The van der Waals surface area contributed by atoms with Gasteiger partial charge in [-0.3, -0.25) is 9.69 Å². The van der Waals surface area contributed by atoms with Crippen molar-refractivity contribution in [3.8, 4) is 6.07 Å². The molecule has 166 valence electrons. The number of urea groups is 1. The van der Waals surface area contributed by atoms with Gasteiger partial charge in [0.15, 0.2) is 0 Å². The van der Waals surface area contributed by atoms with E-state index in [1.165, 1.54) is 4.90 Å². The molecule has 0 unspecified atom stereocenters. The number of likely N-dealkylation sites (N-methyl/N-ethyl adjacent to an activating group) is 1. The quantitative estimate of drug-likeness (QED) is 0.582. The molecule has 0 saturated carbocycles. The van der Waals surface area contributed by atoms with Crippen molar-refractivity contribution in [2.24, 2.45) is 0 Å². The summed E-state index contributed by atoms with van der Waals surface area (Å²) in [5.41, 5.74) is 0.808. The summed E-state index contributed by atoms with van der Waals surface area (Å²) in [6, 6.07) is 13.8. The summed E-state index contributed by atoms with van der Waals surface area (Å²) < 4.78 is 0. The Labute approximate surface area is 197 Å². The van der Waals surface area contributed by atoms with Crippen LogP contribution in [-0.4, -0.2) is 54.0 Å². The molecule has 3 amide bonds. The summed E-state index contributed by atoms with van der Waals surface area (Å²) in [7, 11) is 1.69. The molecule has 2 aliphatic rings. The first-order chi connectivity index (χ1) is 15.3. The number of hydrogen-bond acceptors (Lipinski definition) is 4. The Morgan fingerprint density at radius 1 is 1.12 bits per heavy atom. The minimum absolute atomic E-state index is 0.229. The lowest BCUT2D eigenvalue weighted by Crippen LogP contribution is -2.53. The molecule has 1 spiro atoms. The Morgan fingerprint density at radius 3 is 2.38 bits per heavy atom. The Kier molecular flexibility index (Phi) is 6.17. The number of nitrogens with zero attached hydrogens (tertiary/aromatic N) is 4. The molecule has 6 nitrogen and oxygen atoms in total. The zero-order chi connectivity index (χ0) is 23.0. The van der Waals surface area contributed by atoms with Crippen LogP contribution < -0.4 is 4.90 Å². The van der Waals surface area contributed by atoms with Crippen LogP contribution in [0, 0.1) is 11.3 Å². The summed E-state index contributed by atoms with van der Waals surface area (Å²) >= 11 is 12.3. The molecule has 2 atom stereocenters. The van der Waals surface area contributed by atoms with Crippen molar-refractivity contribution in [1.82, 2.24) is 9.80 Å². The van der Waals surface area contributed by atoms with E-state index in [0.29, 0.717) is 34.4 Å². The zero-order valence-electron chi connectivity index (χ0n) is 18.0. The number of halogens is 2. The molecule has 2 heterocycles. The highest BCUT2D eigenvalue weighted by atomic mass is 35.5. The molecule has 0 radical (unpaired) electrons. The summed E-state index contributed by atoms with van der Waals surface area (Å²) in [4.78, 5) is 32.4. The standard InChI is InChI=1S/C24H24Cl2N4O2/c1-3-4-9-29-14-21(17-7-5-16(13-27)6-8-17)24(15-29)22(31)30(23(32)28(24)2)20-11-18(25)10-19(26)12-20/h5-8,10-12,21H,3-4,9,14-15H2,1-2H3/t21-,24+/m0/s1. The predicted octanol–water partition coefficient (Wildman–Crippen LogP) is 4.90. The second kappa shape index (κ2) is 8.74. The van der Waals surface area contributed by atoms with Gasteiger partial charge in [-0.1, -0.05) is 48.7 Å². The highest BCUT2D eigenvalue weighted by molar-refractivity contribution is 6.35. The summed E-state index contributed by atoms with van der Waals surface area (Å²) in [6.45, 7) is 4.08. The van der Waals surface area contributed by atoms with Gasteiger partial charge in [0.05, 0.1) is 17.3 Å². The molecule has 0 bridgehead atoms. The third-order valence-corrected chi connectivity index (χ3v) is 6.94. The van der Waals surface area contributed by atoms with E-state index in [1.807, 2.05) is 12.1 Å². The van der Waals surface area contributed by atoms with E-state index in [2.05, 4.69) is 17.9 Å². The highest BCUT2D eigenvalue weighted by Crippen LogP contribution is 2.46. The number of hydrogen-bond donors (Lipinski definition) is 0. The van der Waals surface area contributed by atoms with E-state index in [-0.39, 0.29) is 11.8 Å². The van der Waals surface area contributed by atoms with Gasteiger partial charge >= 0.3 is 6.03 Å². The van der Waals surface area contributed by atoms with Crippen molar-refractivity contribution in [1.29, 1.82) is 5.26 Å². The van der Waals surface area contributed by atoms with Gasteiger partial charge in [-0.15, -0.1) is 0 Å². The monoisotopic (exact) mass is 470 g/mol. The van der Waals surface area contributed by atoms with Crippen LogP contribution in [0.3, 0.4) is 0 Å². The van der Waals surface area contributed by atoms with Crippen molar-refractivity contribution >= 4 is 40.8 Å². The van der Waals surface area contributed by atoms with Gasteiger partial charge in [-0.25, -0.2) is 9.69 Å². The third-order valence-electron chi connectivity index (χ3n) is 6.51. The number of anilines is 1. The van der Waals surface area contributed by atoms with Crippen LogP contribution in [0.1, 0.15) is 36.8 Å². The predicted molar refractivity (Wildman–Crippen MR) is 125 cm³/mol. The van der Waals surface area contributed by atoms with Gasteiger partial charge in [-0.2, -0.15) is 5.26 Å². The third kappa shape index (κ3) is 3.65. The molecule has 32 heavy (non-hydrogen) atoms. The van der Waals surface area contributed by atoms with Crippen LogP contribution in [0.15, 0.2) is 42.5 Å². The molecule has 2 aliphatic heterocycles. The smallest absolute Gasteiger partial charge is 0.310 e. The topological polar surface area (TPSA) is 67.6 Å². The maximum absolute atomic E-state index is 14.0. The minimum Gasteiger partial charge on any atom is -0.310 e. The minimum atomic E-state index is -1.05.